The molecule has 148 valence electrons. The van der Waals surface area contributed by atoms with E-state index in [0.29, 0.717) is 0 Å². The molecule has 0 radical (unpaired) electrons. The number of carbonyl (C=O) groups is 1. The standard InChI is InChI=1S/C24H21N5O/c1-16-9-10-18(21-13-28-11-5-6-17(2)24(28)27-21)12-20(16)26-23(30)14-29-15-25-19-7-3-4-8-22(19)29/h3-13,15H,14H2,1-2H3,(H,26,30). The van der Waals surface area contributed by atoms with E-state index in [-0.39, 0.29) is 12.5 Å². The fourth-order valence-corrected chi connectivity index (χ4v) is 3.69. The first kappa shape index (κ1) is 18.1. The van der Waals surface area contributed by atoms with Gasteiger partial charge in [0.25, 0.3) is 0 Å². The van der Waals surface area contributed by atoms with Gasteiger partial charge >= 0.3 is 0 Å². The largest absolute Gasteiger partial charge is 0.324 e. The molecule has 3 heterocycles. The Labute approximate surface area is 173 Å². The molecule has 0 aliphatic carbocycles. The number of aryl methyl sites for hydroxylation is 2. The summed E-state index contributed by atoms with van der Waals surface area (Å²) in [7, 11) is 0. The topological polar surface area (TPSA) is 64.2 Å². The van der Waals surface area contributed by atoms with Crippen LogP contribution in [0.15, 0.2) is 73.3 Å². The van der Waals surface area contributed by atoms with Crippen molar-refractivity contribution in [3.63, 3.8) is 0 Å². The van der Waals surface area contributed by atoms with Crippen molar-refractivity contribution in [1.29, 1.82) is 0 Å². The van der Waals surface area contributed by atoms with Gasteiger partial charge in [-0.25, -0.2) is 9.97 Å². The van der Waals surface area contributed by atoms with Crippen molar-refractivity contribution < 1.29 is 4.79 Å². The summed E-state index contributed by atoms with van der Waals surface area (Å²) in [5, 5.41) is 3.05. The minimum absolute atomic E-state index is 0.0933. The molecule has 6 nitrogen and oxygen atoms in total. The lowest BCUT2D eigenvalue weighted by Gasteiger charge is -2.11. The van der Waals surface area contributed by atoms with Gasteiger partial charge in [-0.15, -0.1) is 0 Å². The molecule has 5 aromatic rings. The first-order valence-corrected chi connectivity index (χ1v) is 9.83. The SMILES string of the molecule is Cc1ccc(-c2cn3cccc(C)c3n2)cc1NC(=O)Cn1cnc2ccccc21. The highest BCUT2D eigenvalue weighted by Crippen LogP contribution is 2.26. The molecule has 3 aromatic heterocycles. The van der Waals surface area contributed by atoms with Gasteiger partial charge in [-0.05, 0) is 49.2 Å². The summed E-state index contributed by atoms with van der Waals surface area (Å²) in [6, 6.07) is 17.9. The van der Waals surface area contributed by atoms with Crippen LogP contribution < -0.4 is 5.32 Å². The third-order valence-corrected chi connectivity index (χ3v) is 5.33. The number of nitrogens with zero attached hydrogens (tertiary/aromatic N) is 4. The zero-order chi connectivity index (χ0) is 20.7. The molecule has 0 atom stereocenters. The summed E-state index contributed by atoms with van der Waals surface area (Å²) in [5.74, 6) is -0.0933. The molecule has 0 aliphatic heterocycles. The minimum atomic E-state index is -0.0933. The Balaban J connectivity index is 1.41. The molecule has 6 heteroatoms. The van der Waals surface area contributed by atoms with Gasteiger partial charge in [0, 0.05) is 23.6 Å². The van der Waals surface area contributed by atoms with Gasteiger partial charge in [-0.3, -0.25) is 4.79 Å². The lowest BCUT2D eigenvalue weighted by molar-refractivity contribution is -0.116. The molecular weight excluding hydrogens is 374 g/mol. The molecule has 0 unspecified atom stereocenters. The second-order valence-electron chi connectivity index (χ2n) is 7.49. The highest BCUT2D eigenvalue weighted by atomic mass is 16.1. The van der Waals surface area contributed by atoms with Crippen molar-refractivity contribution in [3.8, 4) is 11.3 Å². The lowest BCUT2D eigenvalue weighted by Crippen LogP contribution is -2.18. The molecule has 2 aromatic carbocycles. The Morgan fingerprint density at radius 2 is 1.90 bits per heavy atom. The van der Waals surface area contributed by atoms with Crippen LogP contribution in [0.4, 0.5) is 5.69 Å². The molecule has 0 spiro atoms. The Morgan fingerprint density at radius 3 is 2.77 bits per heavy atom. The van der Waals surface area contributed by atoms with Crippen LogP contribution in [0.1, 0.15) is 11.1 Å². The Hall–Kier alpha value is -3.93. The van der Waals surface area contributed by atoms with E-state index in [1.54, 1.807) is 6.33 Å². The number of hydrogen-bond acceptors (Lipinski definition) is 3. The van der Waals surface area contributed by atoms with E-state index in [1.807, 2.05) is 89.8 Å². The van der Waals surface area contributed by atoms with Crippen LogP contribution in [0, 0.1) is 13.8 Å². The number of anilines is 1. The molecular formula is C24H21N5O. The van der Waals surface area contributed by atoms with E-state index in [0.717, 1.165) is 44.8 Å². The Bertz CT molecular complexity index is 1400. The lowest BCUT2D eigenvalue weighted by atomic mass is 10.1. The molecule has 1 N–H and O–H groups in total. The number of amides is 1. The van der Waals surface area contributed by atoms with Crippen molar-refractivity contribution >= 4 is 28.3 Å². The summed E-state index contributed by atoms with van der Waals surface area (Å²) < 4.78 is 3.88. The smallest absolute Gasteiger partial charge is 0.244 e. The second-order valence-corrected chi connectivity index (χ2v) is 7.49. The number of pyridine rings is 1. The molecule has 1 amide bonds. The number of carbonyl (C=O) groups excluding carboxylic acids is 1. The van der Waals surface area contributed by atoms with Gasteiger partial charge in [0.2, 0.25) is 5.91 Å². The van der Waals surface area contributed by atoms with E-state index in [4.69, 9.17) is 4.98 Å². The van der Waals surface area contributed by atoms with Crippen molar-refractivity contribution in [3.05, 3.63) is 84.4 Å². The number of benzene rings is 2. The van der Waals surface area contributed by atoms with E-state index in [2.05, 4.69) is 10.3 Å². The van der Waals surface area contributed by atoms with Gasteiger partial charge in [0.05, 0.1) is 23.1 Å². The van der Waals surface area contributed by atoms with Crippen molar-refractivity contribution in [2.45, 2.75) is 20.4 Å². The Kier molecular flexibility index (Phi) is 4.32. The van der Waals surface area contributed by atoms with Crippen LogP contribution in [-0.4, -0.2) is 24.8 Å². The predicted molar refractivity (Wildman–Crippen MR) is 118 cm³/mol. The van der Waals surface area contributed by atoms with Crippen LogP contribution in [-0.2, 0) is 11.3 Å². The summed E-state index contributed by atoms with van der Waals surface area (Å²) >= 11 is 0. The van der Waals surface area contributed by atoms with E-state index in [9.17, 15) is 4.79 Å². The molecule has 0 saturated carbocycles. The predicted octanol–water partition coefficient (Wildman–Crippen LogP) is 4.61. The van der Waals surface area contributed by atoms with Gasteiger partial charge < -0.3 is 14.3 Å². The minimum Gasteiger partial charge on any atom is -0.324 e. The highest BCUT2D eigenvalue weighted by Gasteiger charge is 2.11. The van der Waals surface area contributed by atoms with Crippen molar-refractivity contribution in [2.75, 3.05) is 5.32 Å². The molecule has 0 bridgehead atoms. The van der Waals surface area contributed by atoms with Gasteiger partial charge in [-0.1, -0.05) is 30.3 Å². The van der Waals surface area contributed by atoms with E-state index in [1.165, 1.54) is 0 Å². The fraction of sp³-hybridized carbons (Fsp3) is 0.125. The van der Waals surface area contributed by atoms with Crippen LogP contribution in [0.2, 0.25) is 0 Å². The average Bonchev–Trinajstić information content (AvgIpc) is 3.35. The number of fused-ring (bicyclic) bond motifs is 2. The molecule has 0 aliphatic rings. The second kappa shape index (κ2) is 7.15. The van der Waals surface area contributed by atoms with Gasteiger partial charge in [0.1, 0.15) is 12.2 Å². The van der Waals surface area contributed by atoms with Crippen LogP contribution in [0.25, 0.3) is 27.9 Å². The maximum Gasteiger partial charge on any atom is 0.244 e. The zero-order valence-electron chi connectivity index (χ0n) is 16.8. The van der Waals surface area contributed by atoms with Crippen molar-refractivity contribution in [1.82, 2.24) is 18.9 Å². The van der Waals surface area contributed by atoms with Gasteiger partial charge in [-0.2, -0.15) is 0 Å². The third kappa shape index (κ3) is 3.22. The molecule has 30 heavy (non-hydrogen) atoms. The van der Waals surface area contributed by atoms with Crippen LogP contribution in [0.3, 0.4) is 0 Å². The number of imidazole rings is 2. The molecule has 5 rings (SSSR count). The maximum absolute atomic E-state index is 12.7. The number of hydrogen-bond donors (Lipinski definition) is 1. The summed E-state index contributed by atoms with van der Waals surface area (Å²) in [6.45, 7) is 4.24. The van der Waals surface area contributed by atoms with Crippen molar-refractivity contribution in [2.24, 2.45) is 0 Å². The number of rotatable bonds is 4. The summed E-state index contributed by atoms with van der Waals surface area (Å²) in [4.78, 5) is 21.8. The number of para-hydroxylation sites is 2. The van der Waals surface area contributed by atoms with E-state index < -0.39 is 0 Å². The highest BCUT2D eigenvalue weighted by molar-refractivity contribution is 5.93. The fourth-order valence-electron chi connectivity index (χ4n) is 3.69. The summed E-state index contributed by atoms with van der Waals surface area (Å²) in [5.41, 5.74) is 7.51. The van der Waals surface area contributed by atoms with Gasteiger partial charge in [0.15, 0.2) is 0 Å². The Morgan fingerprint density at radius 1 is 1.03 bits per heavy atom. The summed E-state index contributed by atoms with van der Waals surface area (Å²) in [6.07, 6.45) is 5.70. The number of nitrogens with one attached hydrogen (secondary N) is 1. The molecule has 0 fully saturated rings. The van der Waals surface area contributed by atoms with E-state index >= 15 is 0 Å². The van der Waals surface area contributed by atoms with Crippen LogP contribution in [0.5, 0.6) is 0 Å². The number of aromatic nitrogens is 4. The quantitative estimate of drug-likeness (QED) is 0.483. The average molecular weight is 395 g/mol. The van der Waals surface area contributed by atoms with Crippen LogP contribution >= 0.6 is 0 Å². The maximum atomic E-state index is 12.7. The molecule has 0 saturated heterocycles. The zero-order valence-corrected chi connectivity index (χ0v) is 16.8. The first-order chi connectivity index (χ1) is 14.6. The third-order valence-electron chi connectivity index (χ3n) is 5.33. The first-order valence-electron chi connectivity index (χ1n) is 9.83. The normalized spacial score (nSPS) is 11.3. The monoisotopic (exact) mass is 395 g/mol.